The van der Waals surface area contributed by atoms with Crippen molar-refractivity contribution < 1.29 is 33.9 Å². The standard InChI is InChI=1S/C14H16N2O8/c1-8(17)24-7-13(18)15-11(14(19)20)6-9-5-10(16(21)22)3-4-12(9)23-2/h3-5,11H,6-7H2,1-2H3,(H,15,18)(H,19,20)/t11-/m0/s1. The van der Waals surface area contributed by atoms with Crippen molar-refractivity contribution in [1.29, 1.82) is 0 Å². The molecule has 10 heteroatoms. The molecule has 1 amide bonds. The van der Waals surface area contributed by atoms with Crippen LogP contribution in [0, 0.1) is 10.1 Å². The van der Waals surface area contributed by atoms with E-state index in [0.29, 0.717) is 0 Å². The number of nitrogens with zero attached hydrogens (tertiary/aromatic N) is 1. The number of non-ortho nitro benzene ring substituents is 1. The second-order valence-electron chi connectivity index (χ2n) is 4.70. The second-order valence-corrected chi connectivity index (χ2v) is 4.70. The minimum atomic E-state index is -1.37. The van der Waals surface area contributed by atoms with E-state index < -0.39 is 35.4 Å². The summed E-state index contributed by atoms with van der Waals surface area (Å²) in [4.78, 5) is 43.7. The van der Waals surface area contributed by atoms with Gasteiger partial charge in [-0.05, 0) is 6.07 Å². The zero-order valence-electron chi connectivity index (χ0n) is 13.0. The van der Waals surface area contributed by atoms with Gasteiger partial charge >= 0.3 is 11.9 Å². The molecule has 0 heterocycles. The summed E-state index contributed by atoms with van der Waals surface area (Å²) in [5, 5.41) is 22.2. The molecule has 0 unspecified atom stereocenters. The normalized spacial score (nSPS) is 11.2. The quantitative estimate of drug-likeness (QED) is 0.390. The zero-order chi connectivity index (χ0) is 18.3. The fraction of sp³-hybridized carbons (Fsp3) is 0.357. The smallest absolute Gasteiger partial charge is 0.326 e. The Morgan fingerprint density at radius 3 is 2.54 bits per heavy atom. The SMILES string of the molecule is COc1ccc([N+](=O)[O-])cc1C[C@H](NC(=O)COC(C)=O)C(=O)O. The van der Waals surface area contributed by atoms with Gasteiger partial charge < -0.3 is 19.9 Å². The van der Waals surface area contributed by atoms with Crippen LogP contribution in [0.1, 0.15) is 12.5 Å². The Hall–Kier alpha value is -3.17. The fourth-order valence-electron chi connectivity index (χ4n) is 1.86. The van der Waals surface area contributed by atoms with Crippen LogP contribution in [-0.2, 0) is 25.5 Å². The van der Waals surface area contributed by atoms with Crippen LogP contribution >= 0.6 is 0 Å². The number of esters is 1. The van der Waals surface area contributed by atoms with Crippen molar-refractivity contribution in [3.05, 3.63) is 33.9 Å². The first-order chi connectivity index (χ1) is 11.2. The maximum absolute atomic E-state index is 11.6. The maximum Gasteiger partial charge on any atom is 0.326 e. The lowest BCUT2D eigenvalue weighted by Crippen LogP contribution is -2.44. The molecule has 1 aromatic rings. The molecule has 0 spiro atoms. The summed E-state index contributed by atoms with van der Waals surface area (Å²) in [6, 6.07) is 2.36. The lowest BCUT2D eigenvalue weighted by atomic mass is 10.0. The molecule has 2 N–H and O–H groups in total. The number of carbonyl (C=O) groups is 3. The highest BCUT2D eigenvalue weighted by atomic mass is 16.6. The summed E-state index contributed by atoms with van der Waals surface area (Å²) in [5.74, 6) is -2.58. The number of nitro benzene ring substituents is 1. The summed E-state index contributed by atoms with van der Waals surface area (Å²) in [5.41, 5.74) is 0.00747. The second kappa shape index (κ2) is 8.46. The van der Waals surface area contributed by atoms with Crippen molar-refractivity contribution >= 4 is 23.5 Å². The van der Waals surface area contributed by atoms with Crippen molar-refractivity contribution in [2.75, 3.05) is 13.7 Å². The third kappa shape index (κ3) is 5.55. The molecule has 0 aliphatic heterocycles. The Balaban J connectivity index is 2.93. The molecule has 0 radical (unpaired) electrons. The van der Waals surface area contributed by atoms with E-state index in [1.54, 1.807) is 0 Å². The Morgan fingerprint density at radius 1 is 1.38 bits per heavy atom. The largest absolute Gasteiger partial charge is 0.496 e. The summed E-state index contributed by atoms with van der Waals surface area (Å²) < 4.78 is 9.52. The van der Waals surface area contributed by atoms with Gasteiger partial charge in [-0.1, -0.05) is 0 Å². The minimum Gasteiger partial charge on any atom is -0.496 e. The number of ether oxygens (including phenoxy) is 2. The Bertz CT molecular complexity index is 658. The predicted molar refractivity (Wildman–Crippen MR) is 79.6 cm³/mol. The highest BCUT2D eigenvalue weighted by Gasteiger charge is 2.23. The fourth-order valence-corrected chi connectivity index (χ4v) is 1.86. The van der Waals surface area contributed by atoms with E-state index >= 15 is 0 Å². The Labute approximate surface area is 136 Å². The van der Waals surface area contributed by atoms with Crippen molar-refractivity contribution in [3.8, 4) is 5.75 Å². The Kier molecular flexibility index (Phi) is 6.65. The number of carbonyl (C=O) groups excluding carboxylic acids is 2. The van der Waals surface area contributed by atoms with Crippen LogP contribution in [0.4, 0.5) is 5.69 Å². The minimum absolute atomic E-state index is 0.235. The molecule has 130 valence electrons. The first kappa shape index (κ1) is 18.9. The van der Waals surface area contributed by atoms with E-state index in [9.17, 15) is 29.6 Å². The van der Waals surface area contributed by atoms with Gasteiger partial charge in [0.25, 0.3) is 11.6 Å². The van der Waals surface area contributed by atoms with Gasteiger partial charge in [0, 0.05) is 31.0 Å². The number of carboxylic acids is 1. The number of amides is 1. The van der Waals surface area contributed by atoms with Crippen molar-refractivity contribution in [3.63, 3.8) is 0 Å². The average Bonchev–Trinajstić information content (AvgIpc) is 2.51. The molecule has 0 aliphatic carbocycles. The van der Waals surface area contributed by atoms with Gasteiger partial charge in [0.05, 0.1) is 12.0 Å². The first-order valence-corrected chi connectivity index (χ1v) is 6.71. The maximum atomic E-state index is 11.6. The molecule has 0 aromatic heterocycles. The number of hydrogen-bond acceptors (Lipinski definition) is 7. The lowest BCUT2D eigenvalue weighted by Gasteiger charge is -2.16. The molecule has 24 heavy (non-hydrogen) atoms. The molecule has 0 bridgehead atoms. The van der Waals surface area contributed by atoms with Crippen LogP contribution in [-0.4, -0.2) is 47.6 Å². The van der Waals surface area contributed by atoms with Gasteiger partial charge in [0.15, 0.2) is 6.61 Å². The third-order valence-corrected chi connectivity index (χ3v) is 2.94. The topological polar surface area (TPSA) is 145 Å². The van der Waals surface area contributed by atoms with Gasteiger partial charge in [-0.15, -0.1) is 0 Å². The monoisotopic (exact) mass is 340 g/mol. The summed E-state index contributed by atoms with van der Waals surface area (Å²) >= 11 is 0. The van der Waals surface area contributed by atoms with Gasteiger partial charge in [0.2, 0.25) is 0 Å². The molecule has 0 saturated carbocycles. The highest BCUT2D eigenvalue weighted by Crippen LogP contribution is 2.25. The van der Waals surface area contributed by atoms with E-state index in [0.717, 1.165) is 6.92 Å². The third-order valence-electron chi connectivity index (χ3n) is 2.94. The summed E-state index contributed by atoms with van der Waals surface area (Å²) in [6.45, 7) is 0.487. The first-order valence-electron chi connectivity index (χ1n) is 6.71. The van der Waals surface area contributed by atoms with Gasteiger partial charge in [-0.3, -0.25) is 19.7 Å². The number of nitro groups is 1. The molecule has 1 aromatic carbocycles. The zero-order valence-corrected chi connectivity index (χ0v) is 13.0. The summed E-state index contributed by atoms with van der Waals surface area (Å²) in [6.07, 6.45) is -0.244. The van der Waals surface area contributed by atoms with Crippen LogP contribution in [0.5, 0.6) is 5.75 Å². The number of benzene rings is 1. The number of hydrogen-bond donors (Lipinski definition) is 2. The van der Waals surface area contributed by atoms with Crippen LogP contribution in [0.2, 0.25) is 0 Å². The van der Waals surface area contributed by atoms with E-state index in [1.807, 2.05) is 0 Å². The van der Waals surface area contributed by atoms with Crippen molar-refractivity contribution in [1.82, 2.24) is 5.32 Å². The van der Waals surface area contributed by atoms with E-state index in [1.165, 1.54) is 25.3 Å². The van der Waals surface area contributed by atoms with Gasteiger partial charge in [-0.25, -0.2) is 4.79 Å². The van der Waals surface area contributed by atoms with E-state index in [-0.39, 0.29) is 23.4 Å². The van der Waals surface area contributed by atoms with E-state index in [4.69, 9.17) is 4.74 Å². The lowest BCUT2D eigenvalue weighted by molar-refractivity contribution is -0.384. The number of methoxy groups -OCH3 is 1. The average molecular weight is 340 g/mol. The molecule has 0 fully saturated rings. The van der Waals surface area contributed by atoms with Gasteiger partial charge in [-0.2, -0.15) is 0 Å². The molecular weight excluding hydrogens is 324 g/mol. The number of nitrogens with one attached hydrogen (secondary N) is 1. The van der Waals surface area contributed by atoms with Crippen LogP contribution < -0.4 is 10.1 Å². The molecule has 1 rings (SSSR count). The van der Waals surface area contributed by atoms with Crippen LogP contribution in [0.25, 0.3) is 0 Å². The molecule has 1 atom stereocenters. The molecular formula is C14H16N2O8. The molecule has 0 saturated heterocycles. The number of carboxylic acid groups (broad SMARTS) is 1. The molecule has 10 nitrogen and oxygen atoms in total. The highest BCUT2D eigenvalue weighted by molar-refractivity contribution is 5.85. The van der Waals surface area contributed by atoms with Crippen molar-refractivity contribution in [2.24, 2.45) is 0 Å². The predicted octanol–water partition coefficient (Wildman–Crippen LogP) is 0.278. The van der Waals surface area contributed by atoms with Crippen molar-refractivity contribution in [2.45, 2.75) is 19.4 Å². The Morgan fingerprint density at radius 2 is 2.04 bits per heavy atom. The molecule has 0 aliphatic rings. The van der Waals surface area contributed by atoms with E-state index in [2.05, 4.69) is 10.1 Å². The van der Waals surface area contributed by atoms with Gasteiger partial charge in [0.1, 0.15) is 11.8 Å². The number of rotatable bonds is 8. The van der Waals surface area contributed by atoms with Crippen LogP contribution in [0.15, 0.2) is 18.2 Å². The van der Waals surface area contributed by atoms with Crippen LogP contribution in [0.3, 0.4) is 0 Å². The summed E-state index contributed by atoms with van der Waals surface area (Å²) in [7, 11) is 1.33. The number of aliphatic carboxylic acids is 1.